The van der Waals surface area contributed by atoms with Crippen LogP contribution in [0.1, 0.15) is 89.8 Å². The molecule has 41 heavy (non-hydrogen) atoms. The van der Waals surface area contributed by atoms with Crippen LogP contribution in [0.2, 0.25) is 0 Å². The summed E-state index contributed by atoms with van der Waals surface area (Å²) in [5, 5.41) is 9.17. The van der Waals surface area contributed by atoms with E-state index in [0.29, 0.717) is 35.1 Å². The van der Waals surface area contributed by atoms with Crippen LogP contribution in [0.15, 0.2) is 22.5 Å². The molecule has 1 aromatic rings. The van der Waals surface area contributed by atoms with Gasteiger partial charge in [-0.1, -0.05) is 64.3 Å². The molecule has 12 heteroatoms. The summed E-state index contributed by atoms with van der Waals surface area (Å²) in [6, 6.07) is -0.896. The van der Waals surface area contributed by atoms with Crippen LogP contribution in [0.25, 0.3) is 0 Å². The molecule has 0 radical (unpaired) electrons. The summed E-state index contributed by atoms with van der Waals surface area (Å²) in [5.74, 6) is -0.424. The van der Waals surface area contributed by atoms with E-state index in [1.54, 1.807) is 13.0 Å². The molecule has 3 rings (SSSR count). The first-order valence-electron chi connectivity index (χ1n) is 14.4. The van der Waals surface area contributed by atoms with Crippen molar-refractivity contribution in [2.45, 2.75) is 103 Å². The summed E-state index contributed by atoms with van der Waals surface area (Å²) in [7, 11) is 0. The molecule has 0 spiro atoms. The topological polar surface area (TPSA) is 127 Å². The molecule has 1 aromatic heterocycles. The smallest absolute Gasteiger partial charge is 0.329 e. The molecule has 9 nitrogen and oxygen atoms in total. The second kappa shape index (κ2) is 16.5. The molecule has 2 aliphatic rings. The van der Waals surface area contributed by atoms with E-state index in [-0.39, 0.29) is 35.8 Å². The first kappa shape index (κ1) is 33.3. The molecular formula is C29H42N4O5S3. The van der Waals surface area contributed by atoms with Crippen molar-refractivity contribution >= 4 is 62.8 Å². The Bertz CT molecular complexity index is 1140. The van der Waals surface area contributed by atoms with Crippen LogP contribution >= 0.6 is 34.9 Å². The fourth-order valence-electron chi connectivity index (χ4n) is 4.26. The monoisotopic (exact) mass is 622 g/mol. The van der Waals surface area contributed by atoms with Gasteiger partial charge in [0.05, 0.1) is 13.0 Å². The number of carbonyl (C=O) groups is 4. The zero-order valence-electron chi connectivity index (χ0n) is 24.4. The minimum atomic E-state index is -1.04. The molecule has 226 valence electrons. The fraction of sp³-hybridized carbons (Fsp3) is 0.655. The molecule has 0 saturated heterocycles. The van der Waals surface area contributed by atoms with E-state index in [1.807, 2.05) is 25.3 Å². The van der Waals surface area contributed by atoms with Crippen LogP contribution in [-0.2, 0) is 30.5 Å². The molecule has 2 unspecified atom stereocenters. The number of unbranched alkanes of at least 4 members (excludes halogenated alkanes) is 4. The lowest BCUT2D eigenvalue weighted by atomic mass is 10.0. The van der Waals surface area contributed by atoms with Gasteiger partial charge in [0.1, 0.15) is 33.4 Å². The van der Waals surface area contributed by atoms with Crippen molar-refractivity contribution in [1.29, 1.82) is 0 Å². The number of thiazole rings is 1. The maximum Gasteiger partial charge on any atom is 0.329 e. The van der Waals surface area contributed by atoms with Crippen LogP contribution in [0.3, 0.4) is 0 Å². The van der Waals surface area contributed by atoms with Crippen molar-refractivity contribution in [2.75, 3.05) is 11.5 Å². The molecule has 0 fully saturated rings. The molecule has 2 aliphatic heterocycles. The molecule has 3 heterocycles. The van der Waals surface area contributed by atoms with E-state index in [2.05, 4.69) is 27.5 Å². The summed E-state index contributed by atoms with van der Waals surface area (Å²) in [5.41, 5.74) is -0.354. The Morgan fingerprint density at radius 3 is 2.78 bits per heavy atom. The minimum absolute atomic E-state index is 0.0661. The van der Waals surface area contributed by atoms with Crippen LogP contribution in [0, 0.1) is 5.92 Å². The van der Waals surface area contributed by atoms with E-state index in [1.165, 1.54) is 54.1 Å². The SMILES string of the molecule is CCCCCCCC(=O)SCC/C=C/C1CC(=O)NCc2nc(cs2)C2=N[C@@](C)(CS2)C(=O)NC(C(C)C)C(=O)O1. The first-order valence-corrected chi connectivity index (χ1v) is 17.2. The van der Waals surface area contributed by atoms with E-state index >= 15 is 0 Å². The first-order chi connectivity index (χ1) is 19.6. The molecule has 0 saturated carbocycles. The number of carbonyl (C=O) groups excluding carboxylic acids is 4. The summed E-state index contributed by atoms with van der Waals surface area (Å²) in [4.78, 5) is 60.7. The Hall–Kier alpha value is -2.18. The summed E-state index contributed by atoms with van der Waals surface area (Å²) in [6.45, 7) is 7.83. The Labute approximate surface area is 255 Å². The summed E-state index contributed by atoms with van der Waals surface area (Å²) < 4.78 is 5.77. The molecule has 3 atom stereocenters. The highest BCUT2D eigenvalue weighted by atomic mass is 32.2. The van der Waals surface area contributed by atoms with Crippen molar-refractivity contribution in [3.05, 3.63) is 28.2 Å². The Morgan fingerprint density at radius 1 is 1.24 bits per heavy atom. The van der Waals surface area contributed by atoms with Crippen LogP contribution < -0.4 is 10.6 Å². The predicted molar refractivity (Wildman–Crippen MR) is 167 cm³/mol. The molecule has 2 N–H and O–H groups in total. The summed E-state index contributed by atoms with van der Waals surface area (Å²) >= 11 is 4.18. The van der Waals surface area contributed by atoms with Crippen molar-refractivity contribution in [1.82, 2.24) is 15.6 Å². The zero-order valence-corrected chi connectivity index (χ0v) is 26.9. The van der Waals surface area contributed by atoms with Crippen LogP contribution in [0.4, 0.5) is 0 Å². The highest BCUT2D eigenvalue weighted by Gasteiger charge is 2.41. The summed E-state index contributed by atoms with van der Waals surface area (Å²) in [6.07, 6.45) is 9.42. The number of esters is 1. The van der Waals surface area contributed by atoms with Gasteiger partial charge in [0, 0.05) is 23.3 Å². The Morgan fingerprint density at radius 2 is 2.02 bits per heavy atom. The van der Waals surface area contributed by atoms with Gasteiger partial charge >= 0.3 is 5.97 Å². The quantitative estimate of drug-likeness (QED) is 0.200. The van der Waals surface area contributed by atoms with Crippen molar-refractivity contribution < 1.29 is 23.9 Å². The number of allylic oxidation sites excluding steroid dienone is 1. The van der Waals surface area contributed by atoms with Gasteiger partial charge in [-0.05, 0) is 31.8 Å². The lowest BCUT2D eigenvalue weighted by molar-refractivity contribution is -0.153. The number of fused-ring (bicyclic) bond motifs is 4. The number of nitrogens with one attached hydrogen (secondary N) is 2. The third-order valence-corrected chi connectivity index (χ3v) is 9.87. The van der Waals surface area contributed by atoms with E-state index in [9.17, 15) is 19.2 Å². The molecule has 0 aromatic carbocycles. The fourth-order valence-corrected chi connectivity index (χ4v) is 6.96. The van der Waals surface area contributed by atoms with E-state index in [4.69, 9.17) is 4.74 Å². The van der Waals surface area contributed by atoms with Crippen molar-refractivity contribution in [3.8, 4) is 0 Å². The normalized spacial score (nSPS) is 23.8. The van der Waals surface area contributed by atoms with Crippen LogP contribution in [0.5, 0.6) is 0 Å². The molecule has 4 bridgehead atoms. The molecule has 0 aliphatic carbocycles. The molecule has 2 amide bonds. The van der Waals surface area contributed by atoms with E-state index in [0.717, 1.165) is 17.8 Å². The third-order valence-electron chi connectivity index (χ3n) is 6.78. The number of aromatic nitrogens is 1. The average Bonchev–Trinajstić information content (AvgIpc) is 3.56. The predicted octanol–water partition coefficient (Wildman–Crippen LogP) is 5.03. The van der Waals surface area contributed by atoms with Crippen molar-refractivity contribution in [3.63, 3.8) is 0 Å². The van der Waals surface area contributed by atoms with Gasteiger partial charge in [-0.3, -0.25) is 19.4 Å². The van der Waals surface area contributed by atoms with Gasteiger partial charge in [-0.2, -0.15) is 0 Å². The highest BCUT2D eigenvalue weighted by Crippen LogP contribution is 2.32. The maximum atomic E-state index is 13.3. The van der Waals surface area contributed by atoms with Crippen LogP contribution in [-0.4, -0.2) is 62.1 Å². The standard InChI is InChI=1S/C29H42N4O5S3/c1-5-6-7-8-9-13-24(35)39-14-11-10-12-20-15-22(34)30-16-23-31-21(17-40-23)26-33-29(4,18-41-26)28(37)32-25(19(2)3)27(36)38-20/h10,12,17,19-20,25H,5-9,11,13-16,18H2,1-4H3,(H,30,34)(H,32,37)/b12-10+/t20?,25?,29-/m0/s1. The zero-order chi connectivity index (χ0) is 29.8. The lowest BCUT2D eigenvalue weighted by Crippen LogP contribution is -2.53. The number of thioether (sulfide) groups is 2. The van der Waals surface area contributed by atoms with Gasteiger partial charge in [0.2, 0.25) is 11.8 Å². The number of aliphatic imine (C=N–C) groups is 1. The largest absolute Gasteiger partial charge is 0.456 e. The second-order valence-corrected chi connectivity index (χ2v) is 13.9. The Kier molecular flexibility index (Phi) is 13.4. The number of hydrogen-bond acceptors (Lipinski definition) is 10. The van der Waals surface area contributed by atoms with Gasteiger partial charge in [0.15, 0.2) is 5.12 Å². The number of hydrogen-bond donors (Lipinski definition) is 2. The van der Waals surface area contributed by atoms with Crippen molar-refractivity contribution in [2.24, 2.45) is 10.9 Å². The number of rotatable bonds is 11. The minimum Gasteiger partial charge on any atom is -0.456 e. The Balaban J connectivity index is 1.66. The van der Waals surface area contributed by atoms with Gasteiger partial charge in [-0.15, -0.1) is 23.1 Å². The van der Waals surface area contributed by atoms with E-state index < -0.39 is 23.7 Å². The van der Waals surface area contributed by atoms with Gasteiger partial charge in [0.25, 0.3) is 0 Å². The number of amides is 2. The number of ether oxygens (including phenoxy) is 1. The highest BCUT2D eigenvalue weighted by molar-refractivity contribution is 8.14. The second-order valence-electron chi connectivity index (χ2n) is 10.9. The number of cyclic esters (lactones) is 1. The maximum absolute atomic E-state index is 13.3. The van der Waals surface area contributed by atoms with Gasteiger partial charge in [-0.25, -0.2) is 9.78 Å². The average molecular weight is 623 g/mol. The van der Waals surface area contributed by atoms with Gasteiger partial charge < -0.3 is 15.4 Å². The molecular weight excluding hydrogens is 581 g/mol. The third kappa shape index (κ3) is 10.6. The number of nitrogens with zero attached hydrogens (tertiary/aromatic N) is 2. The lowest BCUT2D eigenvalue weighted by Gasteiger charge is -2.27.